The van der Waals surface area contributed by atoms with Crippen molar-refractivity contribution < 1.29 is 4.79 Å². The normalized spacial score (nSPS) is 11.0. The van der Waals surface area contributed by atoms with Gasteiger partial charge in [-0.2, -0.15) is 5.26 Å². The number of hydrogen-bond donors (Lipinski definition) is 3. The molecule has 68 heavy (non-hydrogen) atoms. The van der Waals surface area contributed by atoms with Crippen LogP contribution in [0, 0.1) is 39.0 Å². The molecule has 0 aromatic carbocycles. The van der Waals surface area contributed by atoms with Gasteiger partial charge < -0.3 is 29.3 Å². The number of H-pyrrole nitrogens is 1. The first-order valence-corrected chi connectivity index (χ1v) is 20.7. The van der Waals surface area contributed by atoms with Crippen LogP contribution in [0.4, 0.5) is 0 Å². The summed E-state index contributed by atoms with van der Waals surface area (Å²) in [5.41, 5.74) is 5.18. The number of hydrogen-bond acceptors (Lipinski definition) is 15. The number of nitriles is 1. The number of aryl methyl sites for hydroxylation is 8. The third-order valence-corrected chi connectivity index (χ3v) is 11.4. The quantitative estimate of drug-likeness (QED) is 0.144. The van der Waals surface area contributed by atoms with E-state index in [0.29, 0.717) is 81.9 Å². The first-order valence-electron chi connectivity index (χ1n) is 20.7. The second kappa shape index (κ2) is 19.5. The highest BCUT2D eigenvalue weighted by atomic mass is 16.2. The zero-order valence-corrected chi connectivity index (χ0v) is 39.9. The molecule has 28 heteroatoms. The predicted molar refractivity (Wildman–Crippen MR) is 250 cm³/mol. The van der Waals surface area contributed by atoms with E-state index >= 15 is 0 Å². The van der Waals surface area contributed by atoms with Gasteiger partial charge in [0, 0.05) is 89.5 Å². The molecule has 8 aromatic rings. The molecular formula is C40H53N19O9. The van der Waals surface area contributed by atoms with Gasteiger partial charge in [0.2, 0.25) is 5.91 Å². The average molecular weight is 944 g/mol. The van der Waals surface area contributed by atoms with Gasteiger partial charge in [0.25, 0.3) is 22.2 Å². The summed E-state index contributed by atoms with van der Waals surface area (Å²) < 4.78 is 14.8. The largest absolute Gasteiger partial charge is 0.355 e. The number of nitrogens with zero attached hydrogens (tertiary/aromatic N) is 16. The number of amides is 1. The van der Waals surface area contributed by atoms with Crippen LogP contribution >= 0.6 is 0 Å². The van der Waals surface area contributed by atoms with Gasteiger partial charge in [-0.25, -0.2) is 39.1 Å². The number of fused-ring (bicyclic) bond motifs is 4. The zero-order chi connectivity index (χ0) is 51.0. The van der Waals surface area contributed by atoms with Gasteiger partial charge in [0.05, 0.1) is 6.07 Å². The van der Waals surface area contributed by atoms with Gasteiger partial charge >= 0.3 is 22.8 Å². The first-order chi connectivity index (χ1) is 31.8. The number of nitrogens with two attached hydrogens (primary N) is 1. The van der Waals surface area contributed by atoms with E-state index in [1.54, 1.807) is 74.2 Å². The standard InChI is InChI=1S/C12H17N5O3.C10H15N5O2.C10H11N5O2.C8H10N4O2/c1-7-14-10-9(15(7)3)11(19)16(4)12(20)17(10)6-5-13-8(2)18;2*1-6-12-8-7(13(6)2)9(16)14(3)10(17)15(8)5-4-11;1-4-9-6-5(11(4)2)7(13)12(3)8(14)10-6/h5-6H2,1-4H3,(H,13,18);4-5,11H2,1-3H3;5H2,1-3H3;1-3H3,(H,10,14). The molecule has 8 rings (SSSR count). The van der Waals surface area contributed by atoms with Crippen molar-refractivity contribution in [3.63, 3.8) is 0 Å². The van der Waals surface area contributed by atoms with Crippen molar-refractivity contribution in [2.45, 2.75) is 54.3 Å². The molecule has 0 aliphatic carbocycles. The molecule has 0 atom stereocenters. The van der Waals surface area contributed by atoms with Gasteiger partial charge in [0.15, 0.2) is 44.7 Å². The van der Waals surface area contributed by atoms with E-state index in [1.807, 2.05) is 6.07 Å². The third kappa shape index (κ3) is 8.92. The summed E-state index contributed by atoms with van der Waals surface area (Å²) >= 11 is 0. The fourth-order valence-electron chi connectivity index (χ4n) is 7.08. The Balaban J connectivity index is 0.000000171. The lowest BCUT2D eigenvalue weighted by atomic mass is 10.4. The minimum absolute atomic E-state index is 0.125. The highest BCUT2D eigenvalue weighted by Gasteiger charge is 2.19. The van der Waals surface area contributed by atoms with Crippen LogP contribution in [0.1, 0.15) is 30.2 Å². The fraction of sp³-hybridized carbons (Fsp3) is 0.450. The van der Waals surface area contributed by atoms with Crippen LogP contribution < -0.4 is 56.0 Å². The molecule has 0 radical (unpaired) electrons. The van der Waals surface area contributed by atoms with Crippen LogP contribution in [0.5, 0.6) is 0 Å². The molecule has 0 spiro atoms. The highest BCUT2D eigenvalue weighted by molar-refractivity contribution is 5.74. The monoisotopic (exact) mass is 943 g/mol. The van der Waals surface area contributed by atoms with E-state index in [9.17, 15) is 43.2 Å². The summed E-state index contributed by atoms with van der Waals surface area (Å²) in [7, 11) is 12.6. The molecule has 8 heterocycles. The van der Waals surface area contributed by atoms with Crippen molar-refractivity contribution in [2.24, 2.45) is 62.1 Å². The molecule has 0 saturated carbocycles. The van der Waals surface area contributed by atoms with Crippen molar-refractivity contribution >= 4 is 50.6 Å². The SMILES string of the molecule is CC(=O)NCCn1c(=O)n(C)c(=O)c2c1nc(C)n2C.Cc1nc2[nH]c(=O)n(C)c(=O)c2n1C.Cc1nc2c(c(=O)n(C)c(=O)n2CC#N)n1C.Cc1nc2c(c(=O)n(C)c(=O)n2CCN)n1C. The summed E-state index contributed by atoms with van der Waals surface area (Å²) in [6.07, 6.45) is 0. The van der Waals surface area contributed by atoms with Gasteiger partial charge in [-0.1, -0.05) is 0 Å². The van der Waals surface area contributed by atoms with Gasteiger partial charge in [-0.05, 0) is 27.7 Å². The Bertz CT molecular complexity index is 3860. The molecule has 0 fully saturated rings. The Morgan fingerprint density at radius 1 is 0.544 bits per heavy atom. The second-order valence-corrected chi connectivity index (χ2v) is 15.6. The summed E-state index contributed by atoms with van der Waals surface area (Å²) in [6.45, 7) is 9.58. The Hall–Kier alpha value is -8.48. The number of nitrogens with one attached hydrogen (secondary N) is 2. The van der Waals surface area contributed by atoms with Crippen LogP contribution in [-0.4, -0.2) is 94.2 Å². The lowest BCUT2D eigenvalue weighted by molar-refractivity contribution is -0.118. The molecule has 28 nitrogen and oxygen atoms in total. The Labute approximate surface area is 382 Å². The van der Waals surface area contributed by atoms with E-state index in [4.69, 9.17) is 11.0 Å². The number of aromatic amines is 1. The lowest BCUT2D eigenvalue weighted by Gasteiger charge is -2.09. The first kappa shape index (κ1) is 50.5. The summed E-state index contributed by atoms with van der Waals surface area (Å²) in [5.74, 6) is 2.48. The van der Waals surface area contributed by atoms with Gasteiger partial charge in [-0.3, -0.25) is 60.9 Å². The third-order valence-electron chi connectivity index (χ3n) is 11.4. The minimum Gasteiger partial charge on any atom is -0.355 e. The molecule has 0 bridgehead atoms. The maximum atomic E-state index is 12.2. The maximum Gasteiger partial charge on any atom is 0.333 e. The van der Waals surface area contributed by atoms with Crippen molar-refractivity contribution in [2.75, 3.05) is 13.1 Å². The number of carbonyl (C=O) groups excluding carboxylic acids is 1. The second-order valence-electron chi connectivity index (χ2n) is 15.6. The molecule has 0 aliphatic heterocycles. The summed E-state index contributed by atoms with van der Waals surface area (Å²) in [5, 5.41) is 11.3. The summed E-state index contributed by atoms with van der Waals surface area (Å²) in [6, 6.07) is 1.89. The number of imidazole rings is 4. The molecule has 0 unspecified atom stereocenters. The molecule has 0 aliphatic rings. The van der Waals surface area contributed by atoms with E-state index in [1.165, 1.54) is 48.8 Å². The topological polar surface area (TPSA) is 337 Å². The van der Waals surface area contributed by atoms with E-state index in [-0.39, 0.29) is 47.0 Å². The predicted octanol–water partition coefficient (Wildman–Crippen LogP) is -3.89. The molecule has 362 valence electrons. The van der Waals surface area contributed by atoms with Crippen molar-refractivity contribution in [1.29, 1.82) is 5.26 Å². The Morgan fingerprint density at radius 3 is 1.29 bits per heavy atom. The van der Waals surface area contributed by atoms with Crippen LogP contribution in [0.25, 0.3) is 44.7 Å². The molecule has 0 saturated heterocycles. The Morgan fingerprint density at radius 2 is 0.897 bits per heavy atom. The van der Waals surface area contributed by atoms with Crippen LogP contribution in [0.2, 0.25) is 0 Å². The smallest absolute Gasteiger partial charge is 0.333 e. The summed E-state index contributed by atoms with van der Waals surface area (Å²) in [4.78, 5) is 125. The maximum absolute atomic E-state index is 12.2. The van der Waals surface area contributed by atoms with E-state index < -0.39 is 22.6 Å². The highest BCUT2D eigenvalue weighted by Crippen LogP contribution is 2.11. The van der Waals surface area contributed by atoms with E-state index in [2.05, 4.69) is 30.2 Å². The molecule has 4 N–H and O–H groups in total. The van der Waals surface area contributed by atoms with Gasteiger partial charge in [-0.15, -0.1) is 0 Å². The fourth-order valence-corrected chi connectivity index (χ4v) is 7.08. The van der Waals surface area contributed by atoms with Crippen LogP contribution in [0.15, 0.2) is 38.4 Å². The number of aromatic nitrogens is 16. The molecule has 8 aromatic heterocycles. The number of carbonyl (C=O) groups is 1. The molecule has 1 amide bonds. The van der Waals surface area contributed by atoms with Crippen LogP contribution in [0.3, 0.4) is 0 Å². The van der Waals surface area contributed by atoms with Crippen molar-refractivity contribution in [3.8, 4) is 6.07 Å². The minimum atomic E-state index is -0.526. The van der Waals surface area contributed by atoms with E-state index in [0.717, 1.165) is 18.3 Å². The van der Waals surface area contributed by atoms with Crippen LogP contribution in [-0.2, 0) is 80.8 Å². The number of rotatable bonds is 6. The van der Waals surface area contributed by atoms with Crippen molar-refractivity contribution in [3.05, 3.63) is 107 Å². The van der Waals surface area contributed by atoms with Gasteiger partial charge in [0.1, 0.15) is 29.8 Å². The lowest BCUT2D eigenvalue weighted by Crippen LogP contribution is -2.40. The Kier molecular flexibility index (Phi) is 14.5. The average Bonchev–Trinajstić information content (AvgIpc) is 3.97. The zero-order valence-electron chi connectivity index (χ0n) is 39.9. The molecular weight excluding hydrogens is 891 g/mol. The van der Waals surface area contributed by atoms with Crippen molar-refractivity contribution in [1.82, 2.24) is 80.5 Å².